The van der Waals surface area contributed by atoms with Gasteiger partial charge in [-0.3, -0.25) is 14.4 Å². The van der Waals surface area contributed by atoms with E-state index < -0.39 is 5.41 Å². The number of carbonyl (C=O) groups excluding carboxylic acids is 3. The zero-order valence-electron chi connectivity index (χ0n) is 18.7. The number of hydrogen-bond donors (Lipinski definition) is 3. The zero-order valence-corrected chi connectivity index (χ0v) is 19.5. The van der Waals surface area contributed by atoms with Crippen LogP contribution in [0, 0.1) is 0 Å². The molecular weight excluding hydrogens is 442 g/mol. The molecule has 1 aliphatic carbocycles. The number of benzene rings is 1. The van der Waals surface area contributed by atoms with Crippen molar-refractivity contribution in [2.75, 3.05) is 26.2 Å². The molecule has 4 rings (SSSR count). The summed E-state index contributed by atoms with van der Waals surface area (Å²) in [6.07, 6.45) is 10.7. The lowest BCUT2D eigenvalue weighted by molar-refractivity contribution is -0.123. The van der Waals surface area contributed by atoms with Crippen molar-refractivity contribution in [1.82, 2.24) is 16.0 Å². The van der Waals surface area contributed by atoms with Crippen LogP contribution in [0.25, 0.3) is 6.08 Å². The van der Waals surface area contributed by atoms with Crippen molar-refractivity contribution in [3.8, 4) is 5.75 Å². The average molecular weight is 474 g/mol. The lowest BCUT2D eigenvalue weighted by atomic mass is 9.68. The van der Waals surface area contributed by atoms with Crippen LogP contribution in [0.2, 0.25) is 0 Å². The highest BCUT2D eigenvalue weighted by Crippen LogP contribution is 2.51. The third-order valence-electron chi connectivity index (χ3n) is 6.45. The standard InChI is InChI=1S/C25H31N3O4.ClH/c29-19-8-10-25-11-9-24(31)27-14-2-1-12-26-13-3-15-28-23(30)7-5-18-4-6-21(20(25)16-18)32-22(25)17-19;/h4-7,9,11,16,22,26H,1-3,8,10,12-15,17H2,(H,27,31)(H,28,30);1H/b7-5-,11-9?;/t22-,25+;/m1./s1. The Morgan fingerprint density at radius 3 is 2.45 bits per heavy atom. The van der Waals surface area contributed by atoms with Crippen molar-refractivity contribution < 1.29 is 19.1 Å². The zero-order chi connectivity index (χ0) is 22.4. The predicted molar refractivity (Wildman–Crippen MR) is 130 cm³/mol. The number of carbonyl (C=O) groups is 3. The lowest BCUT2D eigenvalue weighted by Crippen LogP contribution is -2.42. The first-order valence-corrected chi connectivity index (χ1v) is 11.5. The summed E-state index contributed by atoms with van der Waals surface area (Å²) in [5, 5.41) is 9.23. The summed E-state index contributed by atoms with van der Waals surface area (Å²) in [5.41, 5.74) is 1.34. The Labute approximate surface area is 200 Å². The van der Waals surface area contributed by atoms with E-state index in [0.717, 1.165) is 49.2 Å². The van der Waals surface area contributed by atoms with Crippen LogP contribution in [-0.4, -0.2) is 49.9 Å². The Bertz CT molecular complexity index is 946. The average Bonchev–Trinajstić information content (AvgIpc) is 3.10. The number of fused-ring (bicyclic) bond motifs is 1. The quantitative estimate of drug-likeness (QED) is 0.537. The second kappa shape index (κ2) is 11.5. The number of hydrogen-bond acceptors (Lipinski definition) is 5. The Balaban J connectivity index is 0.00000306. The summed E-state index contributed by atoms with van der Waals surface area (Å²) in [7, 11) is 0. The summed E-state index contributed by atoms with van der Waals surface area (Å²) in [6.45, 7) is 2.97. The smallest absolute Gasteiger partial charge is 0.243 e. The van der Waals surface area contributed by atoms with Gasteiger partial charge < -0.3 is 20.7 Å². The van der Waals surface area contributed by atoms with Crippen molar-refractivity contribution in [2.45, 2.75) is 50.0 Å². The molecule has 7 nitrogen and oxygen atoms in total. The molecule has 0 radical (unpaired) electrons. The van der Waals surface area contributed by atoms with E-state index in [1.807, 2.05) is 24.3 Å². The molecular formula is C25H32ClN3O4. The minimum absolute atomic E-state index is 0. The molecule has 0 unspecified atom stereocenters. The van der Waals surface area contributed by atoms with E-state index >= 15 is 0 Å². The maximum atomic E-state index is 12.5. The Morgan fingerprint density at radius 1 is 0.879 bits per heavy atom. The summed E-state index contributed by atoms with van der Waals surface area (Å²) in [4.78, 5) is 36.8. The maximum Gasteiger partial charge on any atom is 0.243 e. The van der Waals surface area contributed by atoms with Gasteiger partial charge in [-0.25, -0.2) is 0 Å². The number of Topliss-reactive ketones (excluding diaryl/α,β-unsaturated/α-hetero) is 1. The van der Waals surface area contributed by atoms with Gasteiger partial charge in [0, 0.05) is 37.6 Å². The molecule has 0 saturated heterocycles. The first-order valence-electron chi connectivity index (χ1n) is 11.5. The number of rotatable bonds is 0. The van der Waals surface area contributed by atoms with Crippen molar-refractivity contribution in [3.05, 3.63) is 47.6 Å². The molecule has 3 N–H and O–H groups in total. The van der Waals surface area contributed by atoms with Gasteiger partial charge in [-0.15, -0.1) is 12.4 Å². The van der Waals surface area contributed by atoms with Crippen molar-refractivity contribution >= 4 is 36.1 Å². The number of nitrogens with one attached hydrogen (secondary N) is 3. The van der Waals surface area contributed by atoms with E-state index in [2.05, 4.69) is 16.0 Å². The normalized spacial score (nSPS) is 27.3. The van der Waals surface area contributed by atoms with Crippen LogP contribution >= 0.6 is 12.4 Å². The van der Waals surface area contributed by atoms with Crippen LogP contribution in [0.5, 0.6) is 5.75 Å². The molecule has 1 aromatic carbocycles. The summed E-state index contributed by atoms with van der Waals surface area (Å²) in [5.74, 6) is 0.677. The summed E-state index contributed by atoms with van der Waals surface area (Å²) >= 11 is 0. The minimum Gasteiger partial charge on any atom is -0.488 e. The molecule has 2 bridgehead atoms. The van der Waals surface area contributed by atoms with E-state index in [1.54, 1.807) is 18.2 Å². The molecule has 2 amide bonds. The van der Waals surface area contributed by atoms with Gasteiger partial charge in [0.25, 0.3) is 0 Å². The fraction of sp³-hybridized carbons (Fsp3) is 0.480. The number of amides is 2. The molecule has 2 heterocycles. The molecule has 1 fully saturated rings. The fourth-order valence-electron chi connectivity index (χ4n) is 4.66. The third-order valence-corrected chi connectivity index (χ3v) is 6.45. The molecule has 3 aliphatic rings. The van der Waals surface area contributed by atoms with Gasteiger partial charge >= 0.3 is 0 Å². The van der Waals surface area contributed by atoms with Gasteiger partial charge in [-0.05, 0) is 68.6 Å². The van der Waals surface area contributed by atoms with Gasteiger partial charge in [0.2, 0.25) is 11.8 Å². The number of ketones is 1. The SMILES string of the molecule is Cl.O=C1CC[C@]23C=CC(=O)NCCCCNCCCNC(=O)/C=C\c4ccc(c2c4)O[C@@H]3C1. The Kier molecular flexibility index (Phi) is 8.69. The lowest BCUT2D eigenvalue weighted by Gasteiger charge is -2.35. The maximum absolute atomic E-state index is 12.5. The van der Waals surface area contributed by atoms with Crippen LogP contribution < -0.4 is 20.7 Å². The second-order valence-electron chi connectivity index (χ2n) is 8.70. The molecule has 1 aromatic rings. The number of halogens is 1. The molecule has 2 aliphatic heterocycles. The molecule has 1 spiro atoms. The fourth-order valence-corrected chi connectivity index (χ4v) is 4.66. The molecule has 33 heavy (non-hydrogen) atoms. The van der Waals surface area contributed by atoms with E-state index in [-0.39, 0.29) is 36.1 Å². The number of ether oxygens (including phenoxy) is 1. The highest BCUT2D eigenvalue weighted by Gasteiger charge is 2.50. The molecule has 178 valence electrons. The van der Waals surface area contributed by atoms with Gasteiger partial charge in [0.05, 0.1) is 5.41 Å². The van der Waals surface area contributed by atoms with Crippen LogP contribution in [-0.2, 0) is 19.8 Å². The first-order chi connectivity index (χ1) is 15.6. The van der Waals surface area contributed by atoms with E-state index in [1.165, 1.54) is 0 Å². The van der Waals surface area contributed by atoms with Gasteiger partial charge in [0.15, 0.2) is 0 Å². The highest BCUT2D eigenvalue weighted by molar-refractivity contribution is 5.92. The van der Waals surface area contributed by atoms with Crippen LogP contribution in [0.3, 0.4) is 0 Å². The second-order valence-corrected chi connectivity index (χ2v) is 8.70. The van der Waals surface area contributed by atoms with Crippen molar-refractivity contribution in [1.29, 1.82) is 0 Å². The largest absolute Gasteiger partial charge is 0.488 e. The molecule has 2 atom stereocenters. The Morgan fingerprint density at radius 2 is 1.61 bits per heavy atom. The van der Waals surface area contributed by atoms with Gasteiger partial charge in [-0.1, -0.05) is 12.1 Å². The van der Waals surface area contributed by atoms with Gasteiger partial charge in [-0.2, -0.15) is 0 Å². The van der Waals surface area contributed by atoms with Crippen LogP contribution in [0.4, 0.5) is 0 Å². The molecule has 0 aromatic heterocycles. The van der Waals surface area contributed by atoms with E-state index in [9.17, 15) is 14.4 Å². The summed E-state index contributed by atoms with van der Waals surface area (Å²) in [6, 6.07) is 5.81. The Hall–Kier alpha value is -2.64. The van der Waals surface area contributed by atoms with E-state index in [4.69, 9.17) is 4.74 Å². The third kappa shape index (κ3) is 6.03. The molecule has 8 heteroatoms. The monoisotopic (exact) mass is 473 g/mol. The summed E-state index contributed by atoms with van der Waals surface area (Å²) < 4.78 is 6.16. The first kappa shape index (κ1) is 25.0. The van der Waals surface area contributed by atoms with Crippen molar-refractivity contribution in [3.63, 3.8) is 0 Å². The minimum atomic E-state index is -0.516. The highest BCUT2D eigenvalue weighted by atomic mass is 35.5. The topological polar surface area (TPSA) is 96.5 Å². The van der Waals surface area contributed by atoms with E-state index in [0.29, 0.717) is 32.4 Å². The molecule has 1 saturated carbocycles. The predicted octanol–water partition coefficient (Wildman–Crippen LogP) is 2.44. The van der Waals surface area contributed by atoms with Gasteiger partial charge in [0.1, 0.15) is 17.6 Å². The van der Waals surface area contributed by atoms with Crippen LogP contribution in [0.1, 0.15) is 49.7 Å². The van der Waals surface area contributed by atoms with Crippen molar-refractivity contribution in [2.24, 2.45) is 0 Å². The van der Waals surface area contributed by atoms with Crippen LogP contribution in [0.15, 0.2) is 36.4 Å².